The van der Waals surface area contributed by atoms with E-state index in [0.29, 0.717) is 17.9 Å². The van der Waals surface area contributed by atoms with Crippen LogP contribution in [0.4, 0.5) is 5.82 Å². The molecule has 1 aromatic rings. The Morgan fingerprint density at radius 3 is 2.73 bits per heavy atom. The van der Waals surface area contributed by atoms with E-state index in [1.807, 2.05) is 6.07 Å². The minimum Gasteiger partial charge on any atom is -0.356 e. The summed E-state index contributed by atoms with van der Waals surface area (Å²) in [5.41, 5.74) is 0.538. The number of hydrogen-bond donors (Lipinski definition) is 1. The molecule has 120 valence electrons. The Labute approximate surface area is 132 Å². The molecule has 1 aliphatic heterocycles. The van der Waals surface area contributed by atoms with E-state index in [2.05, 4.69) is 14.6 Å². The zero-order valence-electron chi connectivity index (χ0n) is 12.8. The maximum absolute atomic E-state index is 12.2. The van der Waals surface area contributed by atoms with Gasteiger partial charge in [0.2, 0.25) is 10.0 Å². The molecule has 2 aliphatic carbocycles. The molecule has 0 atom stereocenters. The lowest BCUT2D eigenvalue weighted by molar-refractivity contribution is 0.393. The van der Waals surface area contributed by atoms with Crippen LogP contribution in [0.2, 0.25) is 0 Å². The molecule has 3 aliphatic rings. The zero-order valence-corrected chi connectivity index (χ0v) is 13.6. The van der Waals surface area contributed by atoms with E-state index >= 15 is 0 Å². The third-order valence-electron chi connectivity index (χ3n) is 5.23. The molecule has 22 heavy (non-hydrogen) atoms. The molecule has 1 spiro atoms. The molecule has 2 heterocycles. The predicted octanol–water partition coefficient (Wildman–Crippen LogP) is 2.15. The van der Waals surface area contributed by atoms with Gasteiger partial charge >= 0.3 is 0 Å². The summed E-state index contributed by atoms with van der Waals surface area (Å²) in [6, 6.07) is 3.54. The summed E-state index contributed by atoms with van der Waals surface area (Å²) in [5, 5.41) is 0. The van der Waals surface area contributed by atoms with Crippen molar-refractivity contribution in [3.63, 3.8) is 0 Å². The number of sulfonamides is 1. The van der Waals surface area contributed by atoms with Gasteiger partial charge in [0, 0.05) is 25.8 Å². The van der Waals surface area contributed by atoms with Gasteiger partial charge in [-0.1, -0.05) is 0 Å². The van der Waals surface area contributed by atoms with Gasteiger partial charge in [-0.3, -0.25) is 0 Å². The quantitative estimate of drug-likeness (QED) is 0.902. The highest BCUT2D eigenvalue weighted by Crippen LogP contribution is 2.52. The first-order valence-electron chi connectivity index (χ1n) is 8.27. The van der Waals surface area contributed by atoms with Gasteiger partial charge in [-0.2, -0.15) is 0 Å². The molecule has 0 aromatic carbocycles. The maximum atomic E-state index is 12.2. The Kier molecular flexibility index (Phi) is 3.42. The average Bonchev–Trinajstić information content (AvgIpc) is 3.44. The maximum Gasteiger partial charge on any atom is 0.242 e. The van der Waals surface area contributed by atoms with Crippen molar-refractivity contribution < 1.29 is 8.42 Å². The Hall–Kier alpha value is -1.14. The Balaban J connectivity index is 1.45. The number of pyridine rings is 1. The normalized spacial score (nSPS) is 23.7. The summed E-state index contributed by atoms with van der Waals surface area (Å²) in [6.45, 7) is 2.66. The van der Waals surface area contributed by atoms with Crippen molar-refractivity contribution in [3.8, 4) is 0 Å². The van der Waals surface area contributed by atoms with E-state index in [-0.39, 0.29) is 4.90 Å². The topological polar surface area (TPSA) is 62.3 Å². The molecule has 5 nitrogen and oxygen atoms in total. The minimum absolute atomic E-state index is 0.273. The third kappa shape index (κ3) is 2.99. The first kappa shape index (κ1) is 14.5. The predicted molar refractivity (Wildman–Crippen MR) is 85.3 cm³/mol. The molecule has 0 amide bonds. The molecule has 6 heteroatoms. The molecule has 0 bridgehead atoms. The van der Waals surface area contributed by atoms with Crippen molar-refractivity contribution in [2.24, 2.45) is 11.3 Å². The molecule has 2 saturated carbocycles. The van der Waals surface area contributed by atoms with Crippen LogP contribution in [-0.2, 0) is 10.0 Å². The van der Waals surface area contributed by atoms with Crippen LogP contribution in [0.25, 0.3) is 0 Å². The van der Waals surface area contributed by atoms with Crippen LogP contribution >= 0.6 is 0 Å². The Bertz CT molecular complexity index is 648. The number of nitrogens with one attached hydrogen (secondary N) is 1. The van der Waals surface area contributed by atoms with Crippen molar-refractivity contribution in [1.29, 1.82) is 0 Å². The number of aromatic nitrogens is 1. The first-order valence-corrected chi connectivity index (χ1v) is 9.75. The second kappa shape index (κ2) is 5.20. The summed E-state index contributed by atoms with van der Waals surface area (Å²) in [4.78, 5) is 6.99. The molecule has 3 fully saturated rings. The van der Waals surface area contributed by atoms with Crippen LogP contribution < -0.4 is 9.62 Å². The molecule has 1 saturated heterocycles. The van der Waals surface area contributed by atoms with Gasteiger partial charge in [0.25, 0.3) is 0 Å². The van der Waals surface area contributed by atoms with Gasteiger partial charge in [0.1, 0.15) is 10.7 Å². The van der Waals surface area contributed by atoms with E-state index in [1.54, 1.807) is 6.07 Å². The largest absolute Gasteiger partial charge is 0.356 e. The molecule has 1 aromatic heterocycles. The first-order chi connectivity index (χ1) is 10.6. The third-order valence-corrected chi connectivity index (χ3v) is 6.64. The summed E-state index contributed by atoms with van der Waals surface area (Å²) in [5.74, 6) is 1.44. The molecule has 0 unspecified atom stereocenters. The van der Waals surface area contributed by atoms with Crippen molar-refractivity contribution in [2.45, 2.75) is 43.4 Å². The van der Waals surface area contributed by atoms with Crippen LogP contribution in [0.5, 0.6) is 0 Å². The van der Waals surface area contributed by atoms with Crippen LogP contribution in [0.3, 0.4) is 0 Å². The summed E-state index contributed by atoms with van der Waals surface area (Å²) in [6.07, 6.45) is 8.99. The number of hydrogen-bond acceptors (Lipinski definition) is 4. The SMILES string of the molecule is O=S(=O)(NCC1CC1)c1ccc(N2CCCC3(CC3)C2)nc1. The summed E-state index contributed by atoms with van der Waals surface area (Å²) in [7, 11) is -3.40. The smallest absolute Gasteiger partial charge is 0.242 e. The van der Waals surface area contributed by atoms with Gasteiger partial charge in [-0.05, 0) is 62.0 Å². The van der Waals surface area contributed by atoms with E-state index in [0.717, 1.165) is 31.7 Å². The highest BCUT2D eigenvalue weighted by Gasteiger charge is 2.45. The number of piperidine rings is 1. The van der Waals surface area contributed by atoms with Crippen LogP contribution in [-0.4, -0.2) is 33.0 Å². The fourth-order valence-electron chi connectivity index (χ4n) is 3.34. The van der Waals surface area contributed by atoms with Gasteiger partial charge in [0.15, 0.2) is 0 Å². The fourth-order valence-corrected chi connectivity index (χ4v) is 4.40. The second-order valence-corrected chi connectivity index (χ2v) is 8.94. The van der Waals surface area contributed by atoms with Crippen molar-refractivity contribution in [3.05, 3.63) is 18.3 Å². The zero-order chi connectivity index (χ0) is 15.2. The van der Waals surface area contributed by atoms with Crippen molar-refractivity contribution in [1.82, 2.24) is 9.71 Å². The number of nitrogens with zero attached hydrogens (tertiary/aromatic N) is 2. The highest BCUT2D eigenvalue weighted by atomic mass is 32.2. The van der Waals surface area contributed by atoms with E-state index in [1.165, 1.54) is 31.9 Å². The number of anilines is 1. The molecule has 0 radical (unpaired) electrons. The van der Waals surface area contributed by atoms with Crippen molar-refractivity contribution in [2.75, 3.05) is 24.5 Å². The lowest BCUT2D eigenvalue weighted by Crippen LogP contribution is -2.37. The average molecular weight is 321 g/mol. The van der Waals surface area contributed by atoms with Crippen LogP contribution in [0, 0.1) is 11.3 Å². The molecular weight excluding hydrogens is 298 g/mol. The van der Waals surface area contributed by atoms with Crippen molar-refractivity contribution >= 4 is 15.8 Å². The van der Waals surface area contributed by atoms with E-state index < -0.39 is 10.0 Å². The van der Waals surface area contributed by atoms with Gasteiger partial charge < -0.3 is 4.90 Å². The second-order valence-electron chi connectivity index (χ2n) is 7.17. The minimum atomic E-state index is -3.40. The summed E-state index contributed by atoms with van der Waals surface area (Å²) >= 11 is 0. The monoisotopic (exact) mass is 321 g/mol. The summed E-state index contributed by atoms with van der Waals surface area (Å²) < 4.78 is 27.1. The standard InChI is InChI=1S/C16H23N3O2S/c20-22(21,18-10-13-2-3-13)14-4-5-15(17-11-14)19-9-1-6-16(12-19)7-8-16/h4-5,11,13,18H,1-3,6-10,12H2. The van der Waals surface area contributed by atoms with Gasteiger partial charge in [-0.15, -0.1) is 0 Å². The highest BCUT2D eigenvalue weighted by molar-refractivity contribution is 7.89. The van der Waals surface area contributed by atoms with Crippen LogP contribution in [0.1, 0.15) is 38.5 Å². The van der Waals surface area contributed by atoms with E-state index in [9.17, 15) is 8.42 Å². The fraction of sp³-hybridized carbons (Fsp3) is 0.688. The lowest BCUT2D eigenvalue weighted by atomic mass is 9.95. The number of rotatable bonds is 5. The van der Waals surface area contributed by atoms with Crippen LogP contribution in [0.15, 0.2) is 23.2 Å². The Morgan fingerprint density at radius 2 is 2.09 bits per heavy atom. The lowest BCUT2D eigenvalue weighted by Gasteiger charge is -2.33. The molecular formula is C16H23N3O2S. The van der Waals surface area contributed by atoms with E-state index in [4.69, 9.17) is 0 Å². The van der Waals surface area contributed by atoms with Gasteiger partial charge in [-0.25, -0.2) is 18.1 Å². The molecule has 4 rings (SSSR count). The Morgan fingerprint density at radius 1 is 1.27 bits per heavy atom. The molecule has 1 N–H and O–H groups in total. The van der Waals surface area contributed by atoms with Gasteiger partial charge in [0.05, 0.1) is 0 Å².